The van der Waals surface area contributed by atoms with Crippen molar-refractivity contribution in [3.8, 4) is 5.75 Å². The number of anilines is 2. The molecule has 0 radical (unpaired) electrons. The van der Waals surface area contributed by atoms with Gasteiger partial charge in [-0.25, -0.2) is 9.18 Å². The van der Waals surface area contributed by atoms with Gasteiger partial charge in [0, 0.05) is 17.9 Å². The van der Waals surface area contributed by atoms with Gasteiger partial charge in [0.2, 0.25) is 0 Å². The van der Waals surface area contributed by atoms with Crippen LogP contribution in [0, 0.1) is 5.82 Å². The molecular formula is C17H18FN3O3. The van der Waals surface area contributed by atoms with E-state index < -0.39 is 6.03 Å². The molecule has 7 heteroatoms. The number of carbonyl (C=O) groups is 2. The zero-order valence-corrected chi connectivity index (χ0v) is 13.1. The van der Waals surface area contributed by atoms with Crippen molar-refractivity contribution >= 4 is 23.3 Å². The number of ether oxygens (including phenoxy) is 1. The van der Waals surface area contributed by atoms with Crippen molar-refractivity contribution < 1.29 is 18.7 Å². The van der Waals surface area contributed by atoms with Crippen molar-refractivity contribution in [2.75, 3.05) is 23.8 Å². The average Bonchev–Trinajstić information content (AvgIpc) is 2.56. The summed E-state index contributed by atoms with van der Waals surface area (Å²) < 4.78 is 18.1. The highest BCUT2D eigenvalue weighted by Crippen LogP contribution is 2.16. The van der Waals surface area contributed by atoms with Gasteiger partial charge in [0.25, 0.3) is 5.91 Å². The summed E-state index contributed by atoms with van der Waals surface area (Å²) in [5.74, 6) is -0.0479. The molecule has 0 saturated heterocycles. The van der Waals surface area contributed by atoms with E-state index in [-0.39, 0.29) is 18.3 Å². The largest absolute Gasteiger partial charge is 0.484 e. The summed E-state index contributed by atoms with van der Waals surface area (Å²) >= 11 is 0. The summed E-state index contributed by atoms with van der Waals surface area (Å²) in [6.07, 6.45) is 0. The molecule has 3 N–H and O–H groups in total. The maximum absolute atomic E-state index is 12.8. The van der Waals surface area contributed by atoms with Crippen LogP contribution in [-0.2, 0) is 4.79 Å². The summed E-state index contributed by atoms with van der Waals surface area (Å²) in [6, 6.07) is 11.6. The van der Waals surface area contributed by atoms with Crippen LogP contribution < -0.4 is 20.7 Å². The van der Waals surface area contributed by atoms with Gasteiger partial charge >= 0.3 is 6.03 Å². The van der Waals surface area contributed by atoms with Crippen molar-refractivity contribution in [1.82, 2.24) is 5.32 Å². The lowest BCUT2D eigenvalue weighted by Gasteiger charge is -2.09. The van der Waals surface area contributed by atoms with Crippen LogP contribution in [0.2, 0.25) is 0 Å². The van der Waals surface area contributed by atoms with Gasteiger partial charge in [-0.1, -0.05) is 0 Å². The number of benzene rings is 2. The predicted molar refractivity (Wildman–Crippen MR) is 89.7 cm³/mol. The van der Waals surface area contributed by atoms with E-state index in [2.05, 4.69) is 16.0 Å². The Balaban J connectivity index is 1.83. The van der Waals surface area contributed by atoms with Gasteiger partial charge in [-0.2, -0.15) is 0 Å². The molecule has 6 nitrogen and oxygen atoms in total. The van der Waals surface area contributed by atoms with E-state index in [9.17, 15) is 14.0 Å². The minimum Gasteiger partial charge on any atom is -0.484 e. The van der Waals surface area contributed by atoms with Gasteiger partial charge in [-0.3, -0.25) is 4.79 Å². The number of amides is 3. The molecule has 0 aromatic heterocycles. The van der Waals surface area contributed by atoms with Gasteiger partial charge in [-0.15, -0.1) is 0 Å². The molecule has 0 spiro atoms. The van der Waals surface area contributed by atoms with Crippen LogP contribution in [0.15, 0.2) is 48.5 Å². The van der Waals surface area contributed by atoms with Gasteiger partial charge in [-0.05, 0) is 55.5 Å². The van der Waals surface area contributed by atoms with E-state index in [1.807, 2.05) is 6.92 Å². The van der Waals surface area contributed by atoms with E-state index in [4.69, 9.17) is 4.74 Å². The molecule has 24 heavy (non-hydrogen) atoms. The van der Waals surface area contributed by atoms with Crippen LogP contribution in [0.1, 0.15) is 6.92 Å². The SMILES string of the molecule is CCNC(=O)COc1ccc(NC(=O)Nc2ccc(F)cc2)cc1. The van der Waals surface area contributed by atoms with Crippen LogP contribution in [0.4, 0.5) is 20.6 Å². The minimum absolute atomic E-state index is 0.0638. The molecule has 0 saturated carbocycles. The fourth-order valence-electron chi connectivity index (χ4n) is 1.86. The Bertz CT molecular complexity index is 687. The Morgan fingerprint density at radius 2 is 1.50 bits per heavy atom. The number of carbonyl (C=O) groups excluding carboxylic acids is 2. The van der Waals surface area contributed by atoms with Gasteiger partial charge in [0.05, 0.1) is 0 Å². The van der Waals surface area contributed by atoms with Crippen molar-refractivity contribution in [3.63, 3.8) is 0 Å². The molecule has 0 unspecified atom stereocenters. The Labute approximate surface area is 139 Å². The maximum Gasteiger partial charge on any atom is 0.323 e. The first-order valence-electron chi connectivity index (χ1n) is 7.40. The Morgan fingerprint density at radius 1 is 0.958 bits per heavy atom. The number of urea groups is 1. The topological polar surface area (TPSA) is 79.5 Å². The Morgan fingerprint density at radius 3 is 2.04 bits per heavy atom. The lowest BCUT2D eigenvalue weighted by Crippen LogP contribution is -2.28. The molecule has 2 rings (SSSR count). The van der Waals surface area contributed by atoms with E-state index in [0.717, 1.165) is 0 Å². The number of rotatable bonds is 6. The van der Waals surface area contributed by atoms with Gasteiger partial charge in [0.15, 0.2) is 6.61 Å². The molecule has 0 aliphatic carbocycles. The quantitative estimate of drug-likeness (QED) is 0.761. The molecule has 2 aromatic carbocycles. The number of hydrogen-bond acceptors (Lipinski definition) is 3. The van der Waals surface area contributed by atoms with Crippen LogP contribution >= 0.6 is 0 Å². The van der Waals surface area contributed by atoms with Crippen molar-refractivity contribution in [1.29, 1.82) is 0 Å². The molecule has 126 valence electrons. The molecule has 0 aliphatic rings. The third-order valence-corrected chi connectivity index (χ3v) is 2.96. The van der Waals surface area contributed by atoms with Crippen LogP contribution in [0.5, 0.6) is 5.75 Å². The second kappa shape index (κ2) is 8.52. The third kappa shape index (κ3) is 5.60. The molecule has 0 fully saturated rings. The number of likely N-dealkylation sites (N-methyl/N-ethyl adjacent to an activating group) is 1. The molecule has 0 atom stereocenters. The molecule has 3 amide bonds. The second-order valence-corrected chi connectivity index (χ2v) is 4.85. The summed E-state index contributed by atoms with van der Waals surface area (Å²) in [5.41, 5.74) is 1.04. The monoisotopic (exact) mass is 331 g/mol. The van der Waals surface area contributed by atoms with E-state index in [0.29, 0.717) is 23.7 Å². The van der Waals surface area contributed by atoms with Gasteiger partial charge < -0.3 is 20.7 Å². The van der Waals surface area contributed by atoms with Crippen molar-refractivity contribution in [2.45, 2.75) is 6.92 Å². The normalized spacial score (nSPS) is 9.92. The molecule has 0 aliphatic heterocycles. The number of hydrogen-bond donors (Lipinski definition) is 3. The highest BCUT2D eigenvalue weighted by atomic mass is 19.1. The number of nitrogens with one attached hydrogen (secondary N) is 3. The van der Waals surface area contributed by atoms with E-state index in [1.54, 1.807) is 24.3 Å². The lowest BCUT2D eigenvalue weighted by molar-refractivity contribution is -0.122. The Hall–Kier alpha value is -3.09. The maximum atomic E-state index is 12.8. The van der Waals surface area contributed by atoms with E-state index >= 15 is 0 Å². The van der Waals surface area contributed by atoms with Crippen LogP contribution in [-0.4, -0.2) is 25.1 Å². The fraction of sp³-hybridized carbons (Fsp3) is 0.176. The molecule has 0 bridgehead atoms. The van der Waals surface area contributed by atoms with Crippen LogP contribution in [0.25, 0.3) is 0 Å². The van der Waals surface area contributed by atoms with Crippen LogP contribution in [0.3, 0.4) is 0 Å². The molecule has 0 heterocycles. The summed E-state index contributed by atoms with van der Waals surface area (Å²) in [5, 5.41) is 7.85. The first-order chi connectivity index (χ1) is 11.6. The second-order valence-electron chi connectivity index (χ2n) is 4.85. The van der Waals surface area contributed by atoms with Crippen molar-refractivity contribution in [2.24, 2.45) is 0 Å². The highest BCUT2D eigenvalue weighted by Gasteiger charge is 2.04. The molecular weight excluding hydrogens is 313 g/mol. The summed E-state index contributed by atoms with van der Waals surface area (Å²) in [6.45, 7) is 2.31. The number of halogens is 1. The summed E-state index contributed by atoms with van der Waals surface area (Å²) in [4.78, 5) is 23.1. The highest BCUT2D eigenvalue weighted by molar-refractivity contribution is 5.99. The Kier molecular flexibility index (Phi) is 6.13. The average molecular weight is 331 g/mol. The van der Waals surface area contributed by atoms with Crippen molar-refractivity contribution in [3.05, 3.63) is 54.3 Å². The predicted octanol–water partition coefficient (Wildman–Crippen LogP) is 2.98. The standard InChI is InChI=1S/C17H18FN3O3/c1-2-19-16(22)11-24-15-9-7-14(8-10-15)21-17(23)20-13-5-3-12(18)4-6-13/h3-10H,2,11H2,1H3,(H,19,22)(H2,20,21,23). The zero-order chi connectivity index (χ0) is 17.4. The smallest absolute Gasteiger partial charge is 0.323 e. The summed E-state index contributed by atoms with van der Waals surface area (Å²) in [7, 11) is 0. The zero-order valence-electron chi connectivity index (χ0n) is 13.1. The third-order valence-electron chi connectivity index (χ3n) is 2.96. The fourth-order valence-corrected chi connectivity index (χ4v) is 1.86. The minimum atomic E-state index is -0.447. The first kappa shape index (κ1) is 17.3. The first-order valence-corrected chi connectivity index (χ1v) is 7.40. The molecule has 2 aromatic rings. The van der Waals surface area contributed by atoms with E-state index in [1.165, 1.54) is 24.3 Å². The van der Waals surface area contributed by atoms with Gasteiger partial charge in [0.1, 0.15) is 11.6 Å². The lowest BCUT2D eigenvalue weighted by atomic mass is 10.3.